The molecular weight excluding hydrogens is 189 g/mol. The summed E-state index contributed by atoms with van der Waals surface area (Å²) in [5.74, 6) is 0.782. The van der Waals surface area contributed by atoms with Crippen LogP contribution in [0.3, 0.4) is 0 Å². The van der Waals surface area contributed by atoms with Crippen LogP contribution in [-0.2, 0) is 0 Å². The fourth-order valence-corrected chi connectivity index (χ4v) is 1.37. The minimum atomic E-state index is 0. The van der Waals surface area contributed by atoms with E-state index >= 15 is 0 Å². The van der Waals surface area contributed by atoms with Gasteiger partial charge in [0, 0.05) is 0 Å². The summed E-state index contributed by atoms with van der Waals surface area (Å²) in [4.78, 5) is 0. The van der Waals surface area contributed by atoms with Crippen LogP contribution < -0.4 is 0 Å². The summed E-state index contributed by atoms with van der Waals surface area (Å²) >= 11 is 0. The van der Waals surface area contributed by atoms with Crippen molar-refractivity contribution in [2.45, 2.75) is 66.7 Å². The standard InChI is InChI=1S/C8H16.C7H14.Be.2H/c1-4-6-8(3)7-5-2;1-3-5-7-6-4-2;;;/h4,6,8H,5,7H2,1-3H3;3,5H,4,6-7H2,1-2H3;;;/q;;+2;2*-1/b6-4+;5-3+;;;. The Hall–Kier alpha value is -0.351. The van der Waals surface area contributed by atoms with E-state index in [1.54, 1.807) is 0 Å². The van der Waals surface area contributed by atoms with E-state index in [1.165, 1.54) is 32.1 Å². The fraction of sp³-hybridized carbons (Fsp3) is 0.733. The van der Waals surface area contributed by atoms with Crippen LogP contribution in [0.4, 0.5) is 0 Å². The predicted molar refractivity (Wildman–Crippen MR) is 81.2 cm³/mol. The molecule has 0 aliphatic heterocycles. The van der Waals surface area contributed by atoms with Gasteiger partial charge in [0.15, 0.2) is 0 Å². The Kier molecular flexibility index (Phi) is 26.4. The summed E-state index contributed by atoms with van der Waals surface area (Å²) in [6, 6.07) is 0. The van der Waals surface area contributed by atoms with E-state index in [1.807, 2.05) is 0 Å². The van der Waals surface area contributed by atoms with Gasteiger partial charge < -0.3 is 2.85 Å². The minimum Gasteiger partial charge on any atom is -1.00 e. The van der Waals surface area contributed by atoms with Gasteiger partial charge in [-0.25, -0.2) is 0 Å². The molecule has 0 saturated carbocycles. The third-order valence-corrected chi connectivity index (χ3v) is 2.23. The van der Waals surface area contributed by atoms with E-state index < -0.39 is 0 Å². The second-order valence-corrected chi connectivity index (χ2v) is 4.00. The van der Waals surface area contributed by atoms with Crippen LogP contribution in [0.15, 0.2) is 24.3 Å². The van der Waals surface area contributed by atoms with Crippen molar-refractivity contribution in [3.05, 3.63) is 24.3 Å². The van der Waals surface area contributed by atoms with Crippen LogP contribution in [-0.4, -0.2) is 10.1 Å². The minimum absolute atomic E-state index is 0. The Morgan fingerprint density at radius 1 is 1.06 bits per heavy atom. The molecule has 0 spiro atoms. The summed E-state index contributed by atoms with van der Waals surface area (Å²) in [5.41, 5.74) is 0. The molecule has 0 heterocycles. The Morgan fingerprint density at radius 2 is 1.69 bits per heavy atom. The molecule has 0 fully saturated rings. The molecule has 1 heteroatoms. The third kappa shape index (κ3) is 23.5. The van der Waals surface area contributed by atoms with Gasteiger partial charge in [0.25, 0.3) is 0 Å². The Balaban J connectivity index is -0.0000000540. The van der Waals surface area contributed by atoms with Crippen LogP contribution in [0.1, 0.15) is 69.6 Å². The van der Waals surface area contributed by atoms with Crippen molar-refractivity contribution in [3.8, 4) is 0 Å². The molecule has 0 nitrogen and oxygen atoms in total. The maximum absolute atomic E-state index is 2.25. The van der Waals surface area contributed by atoms with E-state index in [0.29, 0.717) is 0 Å². The number of unbranched alkanes of at least 4 members (excludes halogenated alkanes) is 2. The second-order valence-electron chi connectivity index (χ2n) is 4.00. The van der Waals surface area contributed by atoms with Gasteiger partial charge in [0.05, 0.1) is 0 Å². The van der Waals surface area contributed by atoms with Gasteiger partial charge >= 0.3 is 10.1 Å². The first-order valence-electron chi connectivity index (χ1n) is 6.46. The Bertz CT molecular complexity index is 157. The van der Waals surface area contributed by atoms with Crippen molar-refractivity contribution < 1.29 is 2.85 Å². The van der Waals surface area contributed by atoms with Crippen molar-refractivity contribution in [1.82, 2.24) is 0 Å². The first-order valence-corrected chi connectivity index (χ1v) is 6.46. The predicted octanol–water partition coefficient (Wildman–Crippen LogP) is 5.60. The molecule has 0 radical (unpaired) electrons. The van der Waals surface area contributed by atoms with Gasteiger partial charge in [-0.15, -0.1) is 0 Å². The molecule has 0 N–H and O–H groups in total. The smallest absolute Gasteiger partial charge is 1.00 e. The Labute approximate surface area is 110 Å². The monoisotopic (exact) mass is 221 g/mol. The van der Waals surface area contributed by atoms with Crippen molar-refractivity contribution in [2.24, 2.45) is 5.92 Å². The van der Waals surface area contributed by atoms with Gasteiger partial charge in [-0.3, -0.25) is 0 Å². The zero-order valence-electron chi connectivity index (χ0n) is 14.1. The first kappa shape index (κ1) is 21.0. The van der Waals surface area contributed by atoms with Gasteiger partial charge in [-0.1, -0.05) is 64.3 Å². The SMILES string of the molecule is C/C=C/C(C)CCC.C/C=C/CCCC.[Be+2].[H-].[H-]. The molecule has 0 aliphatic carbocycles. The summed E-state index contributed by atoms with van der Waals surface area (Å²) in [6.07, 6.45) is 15.2. The summed E-state index contributed by atoms with van der Waals surface area (Å²) < 4.78 is 0. The van der Waals surface area contributed by atoms with Crippen LogP contribution in [0, 0.1) is 5.92 Å². The van der Waals surface area contributed by atoms with Gasteiger partial charge in [0.2, 0.25) is 0 Å². The molecule has 0 saturated heterocycles. The van der Waals surface area contributed by atoms with Crippen molar-refractivity contribution in [1.29, 1.82) is 0 Å². The molecule has 0 bridgehead atoms. The van der Waals surface area contributed by atoms with Gasteiger partial charge in [0.1, 0.15) is 0 Å². The van der Waals surface area contributed by atoms with E-state index in [0.717, 1.165) is 5.92 Å². The van der Waals surface area contributed by atoms with Crippen LogP contribution in [0.5, 0.6) is 0 Å². The molecule has 1 unspecified atom stereocenters. The fourth-order valence-electron chi connectivity index (χ4n) is 1.37. The molecule has 0 amide bonds. The summed E-state index contributed by atoms with van der Waals surface area (Å²) in [5, 5.41) is 0. The number of hydrogen-bond donors (Lipinski definition) is 0. The average Bonchev–Trinajstić information content (AvgIpc) is 2.20. The summed E-state index contributed by atoms with van der Waals surface area (Å²) in [6.45, 7) is 10.8. The van der Waals surface area contributed by atoms with E-state index in [9.17, 15) is 0 Å². The Morgan fingerprint density at radius 3 is 2.06 bits per heavy atom. The molecular formula is C15H32Be. The molecule has 1 atom stereocenters. The molecule has 0 aromatic rings. The van der Waals surface area contributed by atoms with Crippen LogP contribution >= 0.6 is 0 Å². The van der Waals surface area contributed by atoms with Crippen molar-refractivity contribution >= 4 is 10.1 Å². The topological polar surface area (TPSA) is 0 Å². The number of hydrogen-bond acceptors (Lipinski definition) is 0. The zero-order valence-corrected chi connectivity index (χ0v) is 12.1. The van der Waals surface area contributed by atoms with Crippen molar-refractivity contribution in [2.75, 3.05) is 0 Å². The number of allylic oxidation sites excluding steroid dienone is 4. The molecule has 0 rings (SSSR count). The van der Waals surface area contributed by atoms with E-state index in [-0.39, 0.29) is 13.0 Å². The average molecular weight is 221 g/mol. The van der Waals surface area contributed by atoms with Crippen LogP contribution in [0.2, 0.25) is 0 Å². The molecule has 94 valence electrons. The molecule has 0 aromatic heterocycles. The van der Waals surface area contributed by atoms with Crippen molar-refractivity contribution in [3.63, 3.8) is 0 Å². The normalized spacial score (nSPS) is 12.1. The van der Waals surface area contributed by atoms with E-state index in [4.69, 9.17) is 0 Å². The maximum atomic E-state index is 2.25. The molecule has 16 heavy (non-hydrogen) atoms. The molecule has 0 aromatic carbocycles. The van der Waals surface area contributed by atoms with Gasteiger partial charge in [-0.2, -0.15) is 0 Å². The van der Waals surface area contributed by atoms with Gasteiger partial charge in [-0.05, 0) is 32.6 Å². The van der Waals surface area contributed by atoms with Crippen LogP contribution in [0.25, 0.3) is 0 Å². The first-order chi connectivity index (χ1) is 7.22. The zero-order chi connectivity index (χ0) is 11.9. The maximum Gasteiger partial charge on any atom is 2.00 e. The third-order valence-electron chi connectivity index (χ3n) is 2.23. The largest absolute Gasteiger partial charge is 2.00 e. The molecule has 0 aliphatic rings. The quantitative estimate of drug-likeness (QED) is 0.311. The number of rotatable bonds is 6. The summed E-state index contributed by atoms with van der Waals surface area (Å²) in [7, 11) is 0. The van der Waals surface area contributed by atoms with E-state index in [2.05, 4.69) is 58.9 Å². The second kappa shape index (κ2) is 20.1.